The maximum atomic E-state index is 12.0. The molecular formula is C12H23N3O2. The first-order valence-corrected chi connectivity index (χ1v) is 6.36. The summed E-state index contributed by atoms with van der Waals surface area (Å²) in [4.78, 5) is 12.0. The molecule has 17 heavy (non-hydrogen) atoms. The van der Waals surface area contributed by atoms with Gasteiger partial charge in [-0.05, 0) is 31.6 Å². The van der Waals surface area contributed by atoms with Gasteiger partial charge in [0.15, 0.2) is 5.84 Å². The summed E-state index contributed by atoms with van der Waals surface area (Å²) in [6, 6.07) is 0.253. The van der Waals surface area contributed by atoms with Crippen molar-refractivity contribution < 1.29 is 10.0 Å². The lowest BCUT2D eigenvalue weighted by Gasteiger charge is -2.18. The normalized spacial score (nSPS) is 26.8. The molecule has 0 aromatic carbocycles. The highest BCUT2D eigenvalue weighted by Gasteiger charge is 2.27. The van der Waals surface area contributed by atoms with Crippen molar-refractivity contribution in [3.63, 3.8) is 0 Å². The first-order valence-electron chi connectivity index (χ1n) is 6.36. The van der Waals surface area contributed by atoms with E-state index in [-0.39, 0.29) is 17.8 Å². The van der Waals surface area contributed by atoms with E-state index in [1.54, 1.807) is 0 Å². The Hall–Kier alpha value is -1.26. The van der Waals surface area contributed by atoms with Crippen molar-refractivity contribution in [1.82, 2.24) is 5.32 Å². The lowest BCUT2D eigenvalue weighted by atomic mass is 10.0. The third-order valence-corrected chi connectivity index (χ3v) is 3.41. The van der Waals surface area contributed by atoms with Crippen molar-refractivity contribution in [1.29, 1.82) is 0 Å². The summed E-state index contributed by atoms with van der Waals surface area (Å²) < 4.78 is 0. The summed E-state index contributed by atoms with van der Waals surface area (Å²) in [5, 5.41) is 14.6. The summed E-state index contributed by atoms with van der Waals surface area (Å²) in [7, 11) is 0. The van der Waals surface area contributed by atoms with Gasteiger partial charge in [-0.1, -0.05) is 25.4 Å². The first-order chi connectivity index (χ1) is 8.08. The topological polar surface area (TPSA) is 87.7 Å². The summed E-state index contributed by atoms with van der Waals surface area (Å²) in [5.74, 6) is 0.0753. The van der Waals surface area contributed by atoms with Gasteiger partial charge in [0.1, 0.15) is 0 Å². The van der Waals surface area contributed by atoms with Gasteiger partial charge in [-0.15, -0.1) is 0 Å². The number of hydrogen-bond donors (Lipinski definition) is 3. The molecule has 0 aromatic heterocycles. The fraction of sp³-hybridized carbons (Fsp3) is 0.833. The Balaban J connectivity index is 2.53. The van der Waals surface area contributed by atoms with Crippen LogP contribution in [0.5, 0.6) is 0 Å². The molecule has 1 rings (SSSR count). The molecular weight excluding hydrogens is 218 g/mol. The van der Waals surface area contributed by atoms with Crippen molar-refractivity contribution in [2.75, 3.05) is 0 Å². The van der Waals surface area contributed by atoms with E-state index in [1.807, 2.05) is 6.92 Å². The first kappa shape index (κ1) is 13.8. The molecule has 5 heteroatoms. The van der Waals surface area contributed by atoms with Gasteiger partial charge in [0, 0.05) is 6.04 Å². The molecule has 1 aliphatic rings. The third-order valence-electron chi connectivity index (χ3n) is 3.41. The molecule has 0 aliphatic heterocycles. The molecule has 3 unspecified atom stereocenters. The third kappa shape index (κ3) is 3.91. The van der Waals surface area contributed by atoms with Crippen molar-refractivity contribution in [2.24, 2.45) is 22.7 Å². The van der Waals surface area contributed by atoms with E-state index in [2.05, 4.69) is 17.4 Å². The predicted octanol–water partition coefficient (Wildman–Crippen LogP) is 1.45. The predicted molar refractivity (Wildman–Crippen MR) is 66.8 cm³/mol. The molecule has 1 saturated carbocycles. The zero-order valence-corrected chi connectivity index (χ0v) is 10.6. The highest BCUT2D eigenvalue weighted by molar-refractivity contribution is 6.02. The second-order valence-corrected chi connectivity index (χ2v) is 4.99. The Kier molecular flexibility index (Phi) is 5.25. The molecule has 0 spiro atoms. The van der Waals surface area contributed by atoms with Gasteiger partial charge in [0.25, 0.3) is 0 Å². The summed E-state index contributed by atoms with van der Waals surface area (Å²) in [6.45, 7) is 4.17. The van der Waals surface area contributed by atoms with E-state index in [0.29, 0.717) is 12.3 Å². The molecule has 0 aromatic rings. The minimum atomic E-state index is -0.499. The molecule has 0 heterocycles. The van der Waals surface area contributed by atoms with Crippen LogP contribution in [0.15, 0.2) is 5.16 Å². The lowest BCUT2D eigenvalue weighted by molar-refractivity contribution is -0.124. The van der Waals surface area contributed by atoms with E-state index >= 15 is 0 Å². The van der Waals surface area contributed by atoms with Gasteiger partial charge in [-0.25, -0.2) is 0 Å². The number of nitrogens with two attached hydrogens (primary N) is 1. The van der Waals surface area contributed by atoms with Gasteiger partial charge in [-0.2, -0.15) is 0 Å². The van der Waals surface area contributed by atoms with Gasteiger partial charge in [-0.3, -0.25) is 4.79 Å². The Morgan fingerprint density at radius 1 is 1.59 bits per heavy atom. The Morgan fingerprint density at radius 3 is 2.76 bits per heavy atom. The van der Waals surface area contributed by atoms with E-state index in [9.17, 15) is 4.79 Å². The number of nitrogens with one attached hydrogen (secondary N) is 1. The summed E-state index contributed by atoms with van der Waals surface area (Å²) in [5.41, 5.74) is 5.54. The number of amidine groups is 1. The number of nitrogens with zero attached hydrogens (tertiary/aromatic N) is 1. The second kappa shape index (κ2) is 6.47. The maximum absolute atomic E-state index is 12.0. The number of carbonyl (C=O) groups excluding carboxylic acids is 1. The quantitative estimate of drug-likeness (QED) is 0.295. The van der Waals surface area contributed by atoms with Crippen LogP contribution in [0.1, 0.15) is 46.0 Å². The smallest absolute Gasteiger partial charge is 0.231 e. The Labute approximate surface area is 102 Å². The maximum Gasteiger partial charge on any atom is 0.231 e. The molecule has 0 bridgehead atoms. The van der Waals surface area contributed by atoms with Gasteiger partial charge < -0.3 is 16.3 Å². The van der Waals surface area contributed by atoms with Crippen molar-refractivity contribution >= 4 is 11.7 Å². The van der Waals surface area contributed by atoms with Gasteiger partial charge in [0.2, 0.25) is 5.91 Å². The minimum absolute atomic E-state index is 0.00963. The molecule has 5 nitrogen and oxygen atoms in total. The van der Waals surface area contributed by atoms with Crippen molar-refractivity contribution in [3.8, 4) is 0 Å². The van der Waals surface area contributed by atoms with E-state index in [4.69, 9.17) is 10.9 Å². The van der Waals surface area contributed by atoms with E-state index < -0.39 is 5.92 Å². The van der Waals surface area contributed by atoms with Crippen LogP contribution < -0.4 is 11.1 Å². The van der Waals surface area contributed by atoms with Crippen LogP contribution in [-0.4, -0.2) is 23.0 Å². The van der Waals surface area contributed by atoms with Gasteiger partial charge >= 0.3 is 0 Å². The second-order valence-electron chi connectivity index (χ2n) is 4.99. The Morgan fingerprint density at radius 2 is 2.29 bits per heavy atom. The van der Waals surface area contributed by atoms with Crippen LogP contribution in [0, 0.1) is 11.8 Å². The van der Waals surface area contributed by atoms with Crippen LogP contribution in [0.4, 0.5) is 0 Å². The average molecular weight is 241 g/mol. The van der Waals surface area contributed by atoms with Crippen LogP contribution in [0.2, 0.25) is 0 Å². The number of carbonyl (C=O) groups is 1. The number of rotatable bonds is 5. The standard InChI is InChI=1S/C12H23N3O2/c1-3-4-10(11(13)15-17)12(16)14-9-6-5-8(2)7-9/h8-10,17H,3-7H2,1-2H3,(H2,13,15)(H,14,16). The zero-order valence-electron chi connectivity index (χ0n) is 10.6. The monoisotopic (exact) mass is 241 g/mol. The van der Waals surface area contributed by atoms with Crippen LogP contribution >= 0.6 is 0 Å². The van der Waals surface area contributed by atoms with E-state index in [1.165, 1.54) is 0 Å². The van der Waals surface area contributed by atoms with Crippen LogP contribution in [0.3, 0.4) is 0 Å². The lowest BCUT2D eigenvalue weighted by Crippen LogP contribution is -2.42. The molecule has 1 fully saturated rings. The zero-order chi connectivity index (χ0) is 12.8. The summed E-state index contributed by atoms with van der Waals surface area (Å²) in [6.07, 6.45) is 4.66. The molecule has 0 radical (unpaired) electrons. The average Bonchev–Trinajstić information content (AvgIpc) is 2.70. The molecule has 98 valence electrons. The molecule has 1 aliphatic carbocycles. The number of hydrogen-bond acceptors (Lipinski definition) is 3. The van der Waals surface area contributed by atoms with Crippen LogP contribution in [0.25, 0.3) is 0 Å². The fourth-order valence-electron chi connectivity index (χ4n) is 2.41. The summed E-state index contributed by atoms with van der Waals surface area (Å²) >= 11 is 0. The molecule has 0 saturated heterocycles. The van der Waals surface area contributed by atoms with Crippen molar-refractivity contribution in [2.45, 2.75) is 52.0 Å². The highest BCUT2D eigenvalue weighted by Crippen LogP contribution is 2.25. The molecule has 4 N–H and O–H groups in total. The van der Waals surface area contributed by atoms with Crippen molar-refractivity contribution in [3.05, 3.63) is 0 Å². The number of oxime groups is 1. The van der Waals surface area contributed by atoms with Gasteiger partial charge in [0.05, 0.1) is 5.92 Å². The van der Waals surface area contributed by atoms with Crippen LogP contribution in [-0.2, 0) is 4.79 Å². The minimum Gasteiger partial charge on any atom is -0.409 e. The Bertz CT molecular complexity index is 291. The number of amides is 1. The fourth-order valence-corrected chi connectivity index (χ4v) is 2.41. The highest BCUT2D eigenvalue weighted by atomic mass is 16.4. The largest absolute Gasteiger partial charge is 0.409 e. The van der Waals surface area contributed by atoms with E-state index in [0.717, 1.165) is 25.7 Å². The molecule has 3 atom stereocenters. The SMILES string of the molecule is CCCC(C(=O)NC1CCC(C)C1)C(N)=NO. The molecule has 1 amide bonds.